The smallest absolute Gasteiger partial charge is 0.115 e. The van der Waals surface area contributed by atoms with Crippen LogP contribution in [0.25, 0.3) is 0 Å². The predicted molar refractivity (Wildman–Crippen MR) is 97.1 cm³/mol. The molecule has 2 aromatic rings. The standard InChI is InChI=1S/C21H27NO2/c23-16-20(15-18-6-8-21(24)9-7-18)22-12-10-19(11-13-22)14-17-4-2-1-3-5-17/h1-9,19-20,23-24H,10-16H2/t20-/m0/s1. The van der Waals surface area contributed by atoms with Crippen molar-refractivity contribution in [1.82, 2.24) is 4.90 Å². The van der Waals surface area contributed by atoms with Crippen molar-refractivity contribution in [3.63, 3.8) is 0 Å². The first-order chi connectivity index (χ1) is 11.7. The average molecular weight is 325 g/mol. The second-order valence-corrected chi connectivity index (χ2v) is 6.88. The van der Waals surface area contributed by atoms with Crippen LogP contribution in [0.4, 0.5) is 0 Å². The Kier molecular flexibility index (Phi) is 5.89. The second-order valence-electron chi connectivity index (χ2n) is 6.88. The SMILES string of the molecule is OC[C@H](Cc1ccc(O)cc1)N1CCC(Cc2ccccc2)CC1. The van der Waals surface area contributed by atoms with Gasteiger partial charge in [0.2, 0.25) is 0 Å². The van der Waals surface area contributed by atoms with Crippen LogP contribution in [0.15, 0.2) is 54.6 Å². The molecule has 3 rings (SSSR count). The maximum Gasteiger partial charge on any atom is 0.115 e. The van der Waals surface area contributed by atoms with Gasteiger partial charge in [0, 0.05) is 6.04 Å². The predicted octanol–water partition coefficient (Wildman–Crippen LogP) is 3.25. The van der Waals surface area contributed by atoms with Crippen LogP contribution < -0.4 is 0 Å². The van der Waals surface area contributed by atoms with Gasteiger partial charge in [-0.2, -0.15) is 0 Å². The topological polar surface area (TPSA) is 43.7 Å². The van der Waals surface area contributed by atoms with Crippen LogP contribution in [0.5, 0.6) is 5.75 Å². The summed E-state index contributed by atoms with van der Waals surface area (Å²) < 4.78 is 0. The zero-order valence-electron chi connectivity index (χ0n) is 14.1. The Morgan fingerprint density at radius 1 is 0.917 bits per heavy atom. The summed E-state index contributed by atoms with van der Waals surface area (Å²) in [6.07, 6.45) is 4.39. The van der Waals surface area contributed by atoms with Gasteiger partial charge in [-0.25, -0.2) is 0 Å². The van der Waals surface area contributed by atoms with Crippen molar-refractivity contribution < 1.29 is 10.2 Å². The number of rotatable bonds is 6. The van der Waals surface area contributed by atoms with E-state index in [9.17, 15) is 10.2 Å². The van der Waals surface area contributed by atoms with Crippen molar-refractivity contribution in [2.75, 3.05) is 19.7 Å². The molecule has 0 bridgehead atoms. The summed E-state index contributed by atoms with van der Waals surface area (Å²) in [6, 6.07) is 18.2. The van der Waals surface area contributed by atoms with Crippen LogP contribution in [0.3, 0.4) is 0 Å². The lowest BCUT2D eigenvalue weighted by atomic mass is 9.89. The van der Waals surface area contributed by atoms with Gasteiger partial charge in [0.05, 0.1) is 6.61 Å². The molecular formula is C21H27NO2. The van der Waals surface area contributed by atoms with Gasteiger partial charge in [0.25, 0.3) is 0 Å². The first-order valence-corrected chi connectivity index (χ1v) is 8.91. The molecule has 1 saturated heterocycles. The van der Waals surface area contributed by atoms with Gasteiger partial charge in [-0.1, -0.05) is 42.5 Å². The van der Waals surface area contributed by atoms with E-state index in [0.29, 0.717) is 5.75 Å². The minimum absolute atomic E-state index is 0.173. The van der Waals surface area contributed by atoms with E-state index in [1.165, 1.54) is 24.0 Å². The number of hydrogen-bond donors (Lipinski definition) is 2. The summed E-state index contributed by atoms with van der Waals surface area (Å²) in [4.78, 5) is 2.42. The van der Waals surface area contributed by atoms with Crippen molar-refractivity contribution in [2.45, 2.75) is 31.7 Å². The first kappa shape index (κ1) is 17.0. The van der Waals surface area contributed by atoms with E-state index in [1.54, 1.807) is 12.1 Å². The van der Waals surface area contributed by atoms with Crippen molar-refractivity contribution in [3.05, 3.63) is 65.7 Å². The monoisotopic (exact) mass is 325 g/mol. The number of aromatic hydroxyl groups is 1. The Balaban J connectivity index is 1.51. The molecule has 3 heteroatoms. The third kappa shape index (κ3) is 4.59. The zero-order valence-corrected chi connectivity index (χ0v) is 14.1. The molecule has 0 amide bonds. The fourth-order valence-electron chi connectivity index (χ4n) is 3.68. The first-order valence-electron chi connectivity index (χ1n) is 8.91. The zero-order chi connectivity index (χ0) is 16.8. The molecule has 0 saturated carbocycles. The van der Waals surface area contributed by atoms with Gasteiger partial charge < -0.3 is 10.2 Å². The number of piperidine rings is 1. The van der Waals surface area contributed by atoms with Crippen molar-refractivity contribution >= 4 is 0 Å². The highest BCUT2D eigenvalue weighted by atomic mass is 16.3. The molecular weight excluding hydrogens is 298 g/mol. The third-order valence-corrected chi connectivity index (χ3v) is 5.15. The molecule has 1 aliphatic rings. The molecule has 1 aliphatic heterocycles. The normalized spacial score (nSPS) is 17.7. The van der Waals surface area contributed by atoms with Crippen LogP contribution in [-0.4, -0.2) is 40.9 Å². The largest absolute Gasteiger partial charge is 0.508 e. The van der Waals surface area contributed by atoms with Gasteiger partial charge in [-0.15, -0.1) is 0 Å². The highest BCUT2D eigenvalue weighted by Crippen LogP contribution is 2.24. The lowest BCUT2D eigenvalue weighted by Crippen LogP contribution is -2.44. The van der Waals surface area contributed by atoms with Gasteiger partial charge in [-0.05, 0) is 68.0 Å². The fourth-order valence-corrected chi connectivity index (χ4v) is 3.68. The lowest BCUT2D eigenvalue weighted by Gasteiger charge is -2.37. The summed E-state index contributed by atoms with van der Waals surface area (Å²) in [6.45, 7) is 2.30. The number of aliphatic hydroxyl groups excluding tert-OH is 1. The quantitative estimate of drug-likeness (QED) is 0.857. The van der Waals surface area contributed by atoms with E-state index in [0.717, 1.165) is 31.8 Å². The highest BCUT2D eigenvalue weighted by molar-refractivity contribution is 5.26. The Morgan fingerprint density at radius 2 is 1.58 bits per heavy atom. The second kappa shape index (κ2) is 8.32. The number of hydrogen-bond acceptors (Lipinski definition) is 3. The molecule has 0 aliphatic carbocycles. The number of benzene rings is 2. The minimum Gasteiger partial charge on any atom is -0.508 e. The van der Waals surface area contributed by atoms with Crippen LogP contribution in [-0.2, 0) is 12.8 Å². The average Bonchev–Trinajstić information content (AvgIpc) is 2.63. The Labute approximate surface area is 144 Å². The van der Waals surface area contributed by atoms with E-state index >= 15 is 0 Å². The maximum atomic E-state index is 9.80. The van der Waals surface area contributed by atoms with Crippen molar-refractivity contribution in [2.24, 2.45) is 5.92 Å². The van der Waals surface area contributed by atoms with Crippen LogP contribution in [0.1, 0.15) is 24.0 Å². The fraction of sp³-hybridized carbons (Fsp3) is 0.429. The van der Waals surface area contributed by atoms with Gasteiger partial charge in [0.15, 0.2) is 0 Å². The molecule has 1 atom stereocenters. The number of nitrogens with zero attached hydrogens (tertiary/aromatic N) is 1. The highest BCUT2D eigenvalue weighted by Gasteiger charge is 2.25. The molecule has 3 nitrogen and oxygen atoms in total. The maximum absolute atomic E-state index is 9.80. The molecule has 128 valence electrons. The molecule has 2 N–H and O–H groups in total. The molecule has 0 spiro atoms. The van der Waals surface area contributed by atoms with Gasteiger partial charge >= 0.3 is 0 Å². The molecule has 1 fully saturated rings. The van der Waals surface area contributed by atoms with E-state index in [2.05, 4.69) is 35.2 Å². The lowest BCUT2D eigenvalue weighted by molar-refractivity contribution is 0.0865. The van der Waals surface area contributed by atoms with Gasteiger partial charge in [0.1, 0.15) is 5.75 Å². The van der Waals surface area contributed by atoms with Gasteiger partial charge in [-0.3, -0.25) is 4.90 Å². The van der Waals surface area contributed by atoms with E-state index in [1.807, 2.05) is 12.1 Å². The summed E-state index contributed by atoms with van der Waals surface area (Å²) in [5, 5.41) is 19.2. The van der Waals surface area contributed by atoms with Crippen molar-refractivity contribution in [3.8, 4) is 5.75 Å². The van der Waals surface area contributed by atoms with E-state index < -0.39 is 0 Å². The Hall–Kier alpha value is -1.84. The van der Waals surface area contributed by atoms with Crippen LogP contribution in [0, 0.1) is 5.92 Å². The molecule has 0 unspecified atom stereocenters. The number of phenolic OH excluding ortho intramolecular Hbond substituents is 1. The number of likely N-dealkylation sites (tertiary alicyclic amines) is 1. The molecule has 0 radical (unpaired) electrons. The summed E-state index contributed by atoms with van der Waals surface area (Å²) in [7, 11) is 0. The molecule has 1 heterocycles. The summed E-state index contributed by atoms with van der Waals surface area (Å²) in [5.41, 5.74) is 2.59. The number of aliphatic hydroxyl groups is 1. The van der Waals surface area contributed by atoms with E-state index in [4.69, 9.17) is 0 Å². The third-order valence-electron chi connectivity index (χ3n) is 5.15. The molecule has 0 aromatic heterocycles. The Bertz CT molecular complexity index is 603. The summed E-state index contributed by atoms with van der Waals surface area (Å²) >= 11 is 0. The number of phenols is 1. The molecule has 2 aromatic carbocycles. The van der Waals surface area contributed by atoms with Crippen molar-refractivity contribution in [1.29, 1.82) is 0 Å². The summed E-state index contributed by atoms with van der Waals surface area (Å²) in [5.74, 6) is 1.04. The van der Waals surface area contributed by atoms with Crippen LogP contribution >= 0.6 is 0 Å². The minimum atomic E-state index is 0.173. The van der Waals surface area contributed by atoms with E-state index in [-0.39, 0.29) is 12.6 Å². The Morgan fingerprint density at radius 3 is 2.21 bits per heavy atom. The molecule has 24 heavy (non-hydrogen) atoms. The van der Waals surface area contributed by atoms with Crippen LogP contribution in [0.2, 0.25) is 0 Å².